The van der Waals surface area contributed by atoms with Crippen molar-refractivity contribution in [3.05, 3.63) is 29.8 Å². The Bertz CT molecular complexity index is 446. The van der Waals surface area contributed by atoms with Crippen LogP contribution in [0.1, 0.15) is 37.4 Å². The lowest BCUT2D eigenvalue weighted by Crippen LogP contribution is -2.33. The first-order chi connectivity index (χ1) is 9.83. The molecular weight excluding hydrogens is 252 g/mol. The van der Waals surface area contributed by atoms with Crippen LogP contribution in [0.4, 0.5) is 5.69 Å². The van der Waals surface area contributed by atoms with E-state index in [0.29, 0.717) is 0 Å². The Morgan fingerprint density at radius 3 is 2.60 bits per heavy atom. The van der Waals surface area contributed by atoms with Crippen LogP contribution >= 0.6 is 0 Å². The van der Waals surface area contributed by atoms with Gasteiger partial charge in [-0.2, -0.15) is 0 Å². The number of hydrogen-bond donors (Lipinski definition) is 2. The summed E-state index contributed by atoms with van der Waals surface area (Å²) in [4.78, 5) is 12.1. The highest BCUT2D eigenvalue weighted by atomic mass is 16.5. The molecule has 1 saturated carbocycles. The largest absolute Gasteiger partial charge is 0.371 e. The maximum atomic E-state index is 12.1. The van der Waals surface area contributed by atoms with Gasteiger partial charge in [0.25, 0.3) is 0 Å². The summed E-state index contributed by atoms with van der Waals surface area (Å²) in [5.74, 6) is 0.381. The zero-order valence-electron chi connectivity index (χ0n) is 11.7. The Hall–Kier alpha value is -1.39. The van der Waals surface area contributed by atoms with Crippen molar-refractivity contribution in [2.24, 2.45) is 5.92 Å². The molecule has 1 aromatic rings. The van der Waals surface area contributed by atoms with E-state index < -0.39 is 0 Å². The van der Waals surface area contributed by atoms with Crippen molar-refractivity contribution in [3.8, 4) is 0 Å². The fraction of sp³-hybridized carbons (Fsp3) is 0.562. The van der Waals surface area contributed by atoms with E-state index in [4.69, 9.17) is 4.74 Å². The van der Waals surface area contributed by atoms with Gasteiger partial charge in [-0.1, -0.05) is 25.0 Å². The summed E-state index contributed by atoms with van der Waals surface area (Å²) in [5.41, 5.74) is 2.05. The first kappa shape index (κ1) is 13.6. The third-order valence-electron chi connectivity index (χ3n) is 4.20. The first-order valence-corrected chi connectivity index (χ1v) is 7.56. The molecule has 2 fully saturated rings. The van der Waals surface area contributed by atoms with Crippen LogP contribution in [0.5, 0.6) is 0 Å². The van der Waals surface area contributed by atoms with Crippen LogP contribution in [0.2, 0.25) is 0 Å². The van der Waals surface area contributed by atoms with E-state index in [-0.39, 0.29) is 17.9 Å². The van der Waals surface area contributed by atoms with E-state index in [2.05, 4.69) is 10.6 Å². The van der Waals surface area contributed by atoms with E-state index in [9.17, 15) is 4.79 Å². The number of amides is 1. The SMILES string of the molecule is O=C(Nc1ccc(C2CNCCO2)cc1)C1CCCC1. The van der Waals surface area contributed by atoms with Gasteiger partial charge in [0.15, 0.2) is 0 Å². The number of anilines is 1. The Balaban J connectivity index is 1.59. The van der Waals surface area contributed by atoms with Gasteiger partial charge in [0.1, 0.15) is 0 Å². The molecule has 0 bridgehead atoms. The Morgan fingerprint density at radius 1 is 1.20 bits per heavy atom. The molecule has 108 valence electrons. The number of rotatable bonds is 3. The minimum Gasteiger partial charge on any atom is -0.371 e. The summed E-state index contributed by atoms with van der Waals surface area (Å²) in [6, 6.07) is 8.03. The van der Waals surface area contributed by atoms with Crippen molar-refractivity contribution in [3.63, 3.8) is 0 Å². The molecule has 1 atom stereocenters. The number of carbonyl (C=O) groups is 1. The van der Waals surface area contributed by atoms with Crippen molar-refractivity contribution >= 4 is 11.6 Å². The summed E-state index contributed by atoms with van der Waals surface area (Å²) in [5, 5.41) is 6.34. The monoisotopic (exact) mass is 274 g/mol. The second-order valence-corrected chi connectivity index (χ2v) is 5.66. The fourth-order valence-electron chi connectivity index (χ4n) is 2.99. The Kier molecular flexibility index (Phi) is 4.33. The zero-order valence-corrected chi connectivity index (χ0v) is 11.7. The lowest BCUT2D eigenvalue weighted by molar-refractivity contribution is -0.119. The summed E-state index contributed by atoms with van der Waals surface area (Å²) in [6.45, 7) is 2.53. The molecule has 2 aliphatic rings. The normalized spacial score (nSPS) is 23.7. The van der Waals surface area contributed by atoms with Gasteiger partial charge in [-0.25, -0.2) is 0 Å². The maximum Gasteiger partial charge on any atom is 0.227 e. The number of nitrogens with one attached hydrogen (secondary N) is 2. The van der Waals surface area contributed by atoms with Gasteiger partial charge in [0.05, 0.1) is 12.7 Å². The third kappa shape index (κ3) is 3.19. The van der Waals surface area contributed by atoms with Gasteiger partial charge in [0, 0.05) is 24.7 Å². The average Bonchev–Trinajstić information content (AvgIpc) is 3.03. The zero-order chi connectivity index (χ0) is 13.8. The van der Waals surface area contributed by atoms with Crippen LogP contribution < -0.4 is 10.6 Å². The highest BCUT2D eigenvalue weighted by Crippen LogP contribution is 2.26. The molecule has 1 aliphatic heterocycles. The lowest BCUT2D eigenvalue weighted by Gasteiger charge is -2.24. The van der Waals surface area contributed by atoms with Crippen molar-refractivity contribution < 1.29 is 9.53 Å². The predicted molar refractivity (Wildman–Crippen MR) is 78.6 cm³/mol. The summed E-state index contributed by atoms with van der Waals surface area (Å²) in [6.07, 6.45) is 4.56. The third-order valence-corrected chi connectivity index (χ3v) is 4.20. The fourth-order valence-corrected chi connectivity index (χ4v) is 2.99. The van der Waals surface area contributed by atoms with Crippen LogP contribution in [0.3, 0.4) is 0 Å². The molecule has 0 aromatic heterocycles. The summed E-state index contributed by atoms with van der Waals surface area (Å²) in [7, 11) is 0. The average molecular weight is 274 g/mol. The molecule has 1 saturated heterocycles. The van der Waals surface area contributed by atoms with Crippen LogP contribution in [0.25, 0.3) is 0 Å². The van der Waals surface area contributed by atoms with E-state index in [1.807, 2.05) is 24.3 Å². The standard InChI is InChI=1S/C16H22N2O2/c19-16(13-3-1-2-4-13)18-14-7-5-12(6-8-14)15-11-17-9-10-20-15/h5-8,13,15,17H,1-4,9-11H2,(H,18,19). The molecule has 4 heteroatoms. The van der Waals surface area contributed by atoms with Gasteiger partial charge in [-0.3, -0.25) is 4.79 Å². The molecule has 1 unspecified atom stereocenters. The maximum absolute atomic E-state index is 12.1. The minimum atomic E-state index is 0.128. The Labute approximate surface area is 119 Å². The van der Waals surface area contributed by atoms with Crippen LogP contribution in [0, 0.1) is 5.92 Å². The number of carbonyl (C=O) groups excluding carboxylic acids is 1. The molecule has 1 amide bonds. The van der Waals surface area contributed by atoms with Crippen molar-refractivity contribution in [2.45, 2.75) is 31.8 Å². The van der Waals surface area contributed by atoms with Gasteiger partial charge in [-0.15, -0.1) is 0 Å². The summed E-state index contributed by atoms with van der Waals surface area (Å²) >= 11 is 0. The van der Waals surface area contributed by atoms with Gasteiger partial charge in [0.2, 0.25) is 5.91 Å². The van der Waals surface area contributed by atoms with Crippen LogP contribution in [-0.2, 0) is 9.53 Å². The predicted octanol–water partition coefficient (Wildman–Crippen LogP) is 2.48. The molecule has 1 heterocycles. The quantitative estimate of drug-likeness (QED) is 0.890. The van der Waals surface area contributed by atoms with E-state index in [1.165, 1.54) is 12.8 Å². The highest BCUT2D eigenvalue weighted by molar-refractivity contribution is 5.92. The molecule has 20 heavy (non-hydrogen) atoms. The Morgan fingerprint density at radius 2 is 1.95 bits per heavy atom. The van der Waals surface area contributed by atoms with Crippen LogP contribution in [-0.4, -0.2) is 25.6 Å². The minimum absolute atomic E-state index is 0.128. The van der Waals surface area contributed by atoms with E-state index in [0.717, 1.165) is 43.8 Å². The van der Waals surface area contributed by atoms with Crippen molar-refractivity contribution in [2.75, 3.05) is 25.0 Å². The molecule has 2 N–H and O–H groups in total. The van der Waals surface area contributed by atoms with Gasteiger partial charge in [-0.05, 0) is 30.5 Å². The van der Waals surface area contributed by atoms with Gasteiger partial charge >= 0.3 is 0 Å². The first-order valence-electron chi connectivity index (χ1n) is 7.56. The van der Waals surface area contributed by atoms with Crippen LogP contribution in [0.15, 0.2) is 24.3 Å². The molecule has 4 nitrogen and oxygen atoms in total. The second kappa shape index (κ2) is 6.37. The van der Waals surface area contributed by atoms with E-state index in [1.54, 1.807) is 0 Å². The van der Waals surface area contributed by atoms with Crippen molar-refractivity contribution in [1.82, 2.24) is 5.32 Å². The molecule has 0 spiro atoms. The molecule has 1 aromatic carbocycles. The molecule has 0 radical (unpaired) electrons. The number of hydrogen-bond acceptors (Lipinski definition) is 3. The lowest BCUT2D eigenvalue weighted by atomic mass is 10.1. The highest BCUT2D eigenvalue weighted by Gasteiger charge is 2.22. The topological polar surface area (TPSA) is 50.4 Å². The molecule has 1 aliphatic carbocycles. The summed E-state index contributed by atoms with van der Waals surface area (Å²) < 4.78 is 5.72. The number of morpholine rings is 1. The molecule has 3 rings (SSSR count). The molecular formula is C16H22N2O2. The number of ether oxygens (including phenoxy) is 1. The smallest absolute Gasteiger partial charge is 0.227 e. The van der Waals surface area contributed by atoms with Crippen molar-refractivity contribution in [1.29, 1.82) is 0 Å². The van der Waals surface area contributed by atoms with Gasteiger partial charge < -0.3 is 15.4 Å². The number of benzene rings is 1. The van der Waals surface area contributed by atoms with E-state index >= 15 is 0 Å². The second-order valence-electron chi connectivity index (χ2n) is 5.66.